The summed E-state index contributed by atoms with van der Waals surface area (Å²) < 4.78 is 0. The Labute approximate surface area is 197 Å². The van der Waals surface area contributed by atoms with Gasteiger partial charge in [-0.2, -0.15) is 0 Å². The van der Waals surface area contributed by atoms with Crippen LogP contribution in [0, 0.1) is 11.3 Å². The predicted molar refractivity (Wildman–Crippen MR) is 163 cm³/mol. The number of rotatable bonds is 5. The van der Waals surface area contributed by atoms with E-state index in [0.29, 0.717) is 11.3 Å². The summed E-state index contributed by atoms with van der Waals surface area (Å²) in [6.07, 6.45) is 5.99. The highest BCUT2D eigenvalue weighted by atomic mass is 16.3. The van der Waals surface area contributed by atoms with E-state index in [-0.39, 0.29) is 26.1 Å². The standard InChI is InChI=1S/C19H44B10O/c1-13(2,30)10-5-6-14(3)7-8-15(4,20)12(11(14)9-10)16(21,22)17(23,24)18(25,26)19(27,28)29/h10,30H,5-9,20-29H2,1-4H3/t10-,14-,15?/m1/s1. The van der Waals surface area contributed by atoms with Gasteiger partial charge in [-0.05, 0) is 56.2 Å². The molecule has 0 saturated heterocycles. The minimum atomic E-state index is -0.606. The molecule has 1 saturated carbocycles. The summed E-state index contributed by atoms with van der Waals surface area (Å²) in [6, 6.07) is 0. The second-order valence-electron chi connectivity index (χ2n) is 15.0. The van der Waals surface area contributed by atoms with Crippen LogP contribution in [-0.4, -0.2) is 89.2 Å². The van der Waals surface area contributed by atoms with Gasteiger partial charge in [0.2, 0.25) is 0 Å². The lowest BCUT2D eigenvalue weighted by Gasteiger charge is -2.65. The van der Waals surface area contributed by atoms with Crippen LogP contribution in [0.4, 0.5) is 0 Å². The Morgan fingerprint density at radius 1 is 0.833 bits per heavy atom. The van der Waals surface area contributed by atoms with E-state index in [1.807, 2.05) is 13.8 Å². The zero-order valence-corrected chi connectivity index (χ0v) is 23.1. The quantitative estimate of drug-likeness (QED) is 0.368. The van der Waals surface area contributed by atoms with Crippen LogP contribution in [0.25, 0.3) is 0 Å². The lowest BCUT2D eigenvalue weighted by Crippen LogP contribution is -2.53. The molecule has 11 heteroatoms. The first kappa shape index (κ1) is 26.6. The van der Waals surface area contributed by atoms with Crippen LogP contribution in [0.3, 0.4) is 0 Å². The number of allylic oxidation sites excluding steroid dienone is 2. The monoisotopic (exact) mass is 398 g/mol. The van der Waals surface area contributed by atoms with Crippen LogP contribution >= 0.6 is 0 Å². The van der Waals surface area contributed by atoms with Crippen LogP contribution in [0.1, 0.15) is 59.8 Å². The van der Waals surface area contributed by atoms with Gasteiger partial charge in [-0.25, -0.2) is 0 Å². The van der Waals surface area contributed by atoms with Crippen molar-refractivity contribution in [2.24, 2.45) is 11.3 Å². The fraction of sp³-hybridized carbons (Fsp3) is 0.895. The van der Waals surface area contributed by atoms with Gasteiger partial charge in [0.1, 0.15) is 23.5 Å². The van der Waals surface area contributed by atoms with E-state index in [2.05, 4.69) is 92.3 Å². The molecule has 0 aromatic carbocycles. The SMILES string of the molecule is BC1(C)CC[C@@]2(C)CC[C@@H](C(C)(C)O)CC2=C1C(B)(B)C(B)(B)C(B)(B)C(B)(B)B. The molecule has 0 aliphatic heterocycles. The molecule has 2 aliphatic rings. The van der Waals surface area contributed by atoms with Gasteiger partial charge in [-0.15, -0.1) is 10.3 Å². The lowest BCUT2D eigenvalue weighted by atomic mass is 9.07. The third-order valence-electron chi connectivity index (χ3n) is 11.1. The minimum Gasteiger partial charge on any atom is -0.390 e. The molecule has 3 atom stereocenters. The smallest absolute Gasteiger partial charge is 0.114 e. The number of hydrogen-bond acceptors (Lipinski definition) is 1. The molecule has 2 aliphatic carbocycles. The zero-order valence-electron chi connectivity index (χ0n) is 23.1. The molecule has 30 heavy (non-hydrogen) atoms. The van der Waals surface area contributed by atoms with Crippen molar-refractivity contribution >= 4 is 78.5 Å². The Kier molecular flexibility index (Phi) is 6.59. The van der Waals surface area contributed by atoms with Crippen LogP contribution in [0.5, 0.6) is 0 Å². The summed E-state index contributed by atoms with van der Waals surface area (Å²) in [5, 5.41) is 11.6. The van der Waals surface area contributed by atoms with E-state index < -0.39 is 5.60 Å². The maximum absolute atomic E-state index is 10.9. The van der Waals surface area contributed by atoms with E-state index in [0.717, 1.165) is 12.8 Å². The Morgan fingerprint density at radius 3 is 1.77 bits per heavy atom. The van der Waals surface area contributed by atoms with Gasteiger partial charge in [0.25, 0.3) is 0 Å². The van der Waals surface area contributed by atoms with Crippen LogP contribution in [0.2, 0.25) is 26.1 Å². The summed E-state index contributed by atoms with van der Waals surface area (Å²) in [4.78, 5) is 0. The topological polar surface area (TPSA) is 20.2 Å². The molecule has 1 fully saturated rings. The number of fused-ring (bicyclic) bond motifs is 1. The van der Waals surface area contributed by atoms with E-state index in [9.17, 15) is 5.11 Å². The van der Waals surface area contributed by atoms with Gasteiger partial charge >= 0.3 is 0 Å². The fourth-order valence-corrected chi connectivity index (χ4v) is 6.90. The van der Waals surface area contributed by atoms with Gasteiger partial charge in [0.15, 0.2) is 0 Å². The highest BCUT2D eigenvalue weighted by Gasteiger charge is 2.57. The highest BCUT2D eigenvalue weighted by molar-refractivity contribution is 6.72. The number of aliphatic hydroxyl groups is 1. The van der Waals surface area contributed by atoms with Gasteiger partial charge < -0.3 is 5.11 Å². The van der Waals surface area contributed by atoms with Crippen molar-refractivity contribution in [2.45, 2.75) is 91.5 Å². The predicted octanol–water partition coefficient (Wildman–Crippen LogP) is -4.41. The molecule has 0 spiro atoms. The molecule has 0 amide bonds. The molecular weight excluding hydrogens is 352 g/mol. The van der Waals surface area contributed by atoms with Crippen LogP contribution in [-0.2, 0) is 0 Å². The fourth-order valence-electron chi connectivity index (χ4n) is 6.90. The molecule has 156 valence electrons. The maximum Gasteiger partial charge on any atom is 0.114 e. The van der Waals surface area contributed by atoms with E-state index in [4.69, 9.17) is 0 Å². The first-order valence-corrected chi connectivity index (χ1v) is 12.5. The number of hydrogen-bond donors (Lipinski definition) is 1. The molecule has 0 aromatic heterocycles. The minimum absolute atomic E-state index is 0.0613. The average molecular weight is 397 g/mol. The second-order valence-corrected chi connectivity index (χ2v) is 15.0. The molecule has 1 N–H and O–H groups in total. The summed E-state index contributed by atoms with van der Waals surface area (Å²) in [5.74, 6) is 0.360. The molecule has 0 bridgehead atoms. The third-order valence-corrected chi connectivity index (χ3v) is 11.1. The van der Waals surface area contributed by atoms with Crippen molar-refractivity contribution in [3.8, 4) is 0 Å². The van der Waals surface area contributed by atoms with Gasteiger partial charge in [0.05, 0.1) is 60.5 Å². The Balaban J connectivity index is 2.77. The molecule has 1 nitrogen and oxygen atoms in total. The Bertz CT molecular complexity index is 714. The Morgan fingerprint density at radius 2 is 1.33 bits per heavy atom. The highest BCUT2D eigenvalue weighted by Crippen LogP contribution is 2.72. The van der Waals surface area contributed by atoms with Crippen molar-refractivity contribution in [3.05, 3.63) is 11.1 Å². The van der Waals surface area contributed by atoms with Crippen molar-refractivity contribution in [1.82, 2.24) is 0 Å². The molecular formula is C19H44B10O. The van der Waals surface area contributed by atoms with Crippen molar-refractivity contribution < 1.29 is 5.11 Å². The average Bonchev–Trinajstić information content (AvgIpc) is 2.52. The van der Waals surface area contributed by atoms with E-state index >= 15 is 0 Å². The third kappa shape index (κ3) is 4.05. The largest absolute Gasteiger partial charge is 0.390 e. The van der Waals surface area contributed by atoms with Crippen molar-refractivity contribution in [2.75, 3.05) is 0 Å². The van der Waals surface area contributed by atoms with Crippen molar-refractivity contribution in [3.63, 3.8) is 0 Å². The van der Waals surface area contributed by atoms with Gasteiger partial charge in [0, 0.05) is 0 Å². The maximum atomic E-state index is 10.9. The first-order valence-electron chi connectivity index (χ1n) is 12.5. The van der Waals surface area contributed by atoms with Gasteiger partial charge in [-0.1, -0.05) is 41.8 Å². The summed E-state index contributed by atoms with van der Waals surface area (Å²) in [7, 11) is 24.8. The molecule has 0 radical (unpaired) electrons. The van der Waals surface area contributed by atoms with Crippen LogP contribution < -0.4 is 0 Å². The normalized spacial score (nSPS) is 32.0. The molecule has 0 heterocycles. The second kappa shape index (κ2) is 7.43. The van der Waals surface area contributed by atoms with Crippen molar-refractivity contribution in [1.29, 1.82) is 0 Å². The summed E-state index contributed by atoms with van der Waals surface area (Å²) in [5.41, 5.74) is 3.09. The first-order chi connectivity index (χ1) is 13.0. The molecule has 1 unspecified atom stereocenters. The van der Waals surface area contributed by atoms with Gasteiger partial charge in [-0.3, -0.25) is 0 Å². The summed E-state index contributed by atoms with van der Waals surface area (Å²) >= 11 is 0. The Hall–Kier alpha value is 0.349. The zero-order chi connectivity index (χ0) is 23.8. The van der Waals surface area contributed by atoms with Crippen LogP contribution in [0.15, 0.2) is 11.1 Å². The molecule has 2 rings (SSSR count). The lowest BCUT2D eigenvalue weighted by molar-refractivity contribution is -0.00537. The van der Waals surface area contributed by atoms with E-state index in [1.54, 1.807) is 11.1 Å². The summed E-state index contributed by atoms with van der Waals surface area (Å²) in [6.45, 7) is 9.05. The molecule has 0 aromatic rings. The van der Waals surface area contributed by atoms with E-state index in [1.165, 1.54) is 19.3 Å².